The topological polar surface area (TPSA) is 76.8 Å². The zero-order chi connectivity index (χ0) is 19.8. The first-order valence-corrected chi connectivity index (χ1v) is 9.82. The zero-order valence-electron chi connectivity index (χ0n) is 16.4. The number of carbonyl (C=O) groups is 1. The monoisotopic (exact) mass is 383 g/mol. The Bertz CT molecular complexity index is 756. The van der Waals surface area contributed by atoms with E-state index in [1.165, 1.54) is 0 Å². The number of rotatable bonds is 8. The van der Waals surface area contributed by atoms with E-state index in [9.17, 15) is 4.79 Å². The second-order valence-corrected chi connectivity index (χ2v) is 6.90. The van der Waals surface area contributed by atoms with Crippen LogP contribution >= 0.6 is 0 Å². The molecule has 1 amide bonds. The Hall–Kier alpha value is -2.57. The summed E-state index contributed by atoms with van der Waals surface area (Å²) in [5, 5.41) is 3.35. The molecule has 3 rings (SSSR count). The maximum absolute atomic E-state index is 13.1. The molecule has 1 aliphatic rings. The van der Waals surface area contributed by atoms with Gasteiger partial charge >= 0.3 is 0 Å². The van der Waals surface area contributed by atoms with Gasteiger partial charge in [0.1, 0.15) is 5.75 Å². The van der Waals surface area contributed by atoms with Crippen LogP contribution in [-0.2, 0) is 4.74 Å². The number of nitrogens with one attached hydrogen (secondary N) is 1. The summed E-state index contributed by atoms with van der Waals surface area (Å²) in [6.45, 7) is 2.77. The molecule has 0 spiro atoms. The van der Waals surface area contributed by atoms with E-state index in [2.05, 4.69) is 5.32 Å². The molecule has 6 nitrogen and oxygen atoms in total. The van der Waals surface area contributed by atoms with E-state index in [0.717, 1.165) is 36.4 Å². The van der Waals surface area contributed by atoms with Gasteiger partial charge in [0.05, 0.1) is 24.5 Å². The summed E-state index contributed by atoms with van der Waals surface area (Å²) in [5.74, 6) is 0.850. The number of para-hydroxylation sites is 1. The third-order valence-electron chi connectivity index (χ3n) is 4.96. The molecule has 0 bridgehead atoms. The van der Waals surface area contributed by atoms with Crippen LogP contribution in [0, 0.1) is 0 Å². The van der Waals surface area contributed by atoms with Crippen molar-refractivity contribution in [3.8, 4) is 5.75 Å². The standard InChI is InChI=1S/C22H29N3O3/c1-27-18-9-7-17(8-10-18)24-21-6-3-2-5-20(21)22(26)25-14-11-19(12-15-25)28-16-4-13-23/h2-3,5-10,19,24H,4,11-16,23H2,1H3. The number of likely N-dealkylation sites (tertiary alicyclic amines) is 1. The molecule has 0 aromatic heterocycles. The lowest BCUT2D eigenvalue weighted by Gasteiger charge is -2.32. The van der Waals surface area contributed by atoms with Gasteiger partial charge in [0.25, 0.3) is 5.91 Å². The van der Waals surface area contributed by atoms with Crippen LogP contribution in [0.2, 0.25) is 0 Å². The largest absolute Gasteiger partial charge is 0.497 e. The zero-order valence-corrected chi connectivity index (χ0v) is 16.4. The highest BCUT2D eigenvalue weighted by molar-refractivity contribution is 6.00. The third-order valence-corrected chi connectivity index (χ3v) is 4.96. The molecule has 0 unspecified atom stereocenters. The van der Waals surface area contributed by atoms with Crippen molar-refractivity contribution < 1.29 is 14.3 Å². The van der Waals surface area contributed by atoms with E-state index >= 15 is 0 Å². The lowest BCUT2D eigenvalue weighted by Crippen LogP contribution is -2.41. The summed E-state index contributed by atoms with van der Waals surface area (Å²) in [4.78, 5) is 15.0. The molecule has 6 heteroatoms. The quantitative estimate of drug-likeness (QED) is 0.683. The summed E-state index contributed by atoms with van der Waals surface area (Å²) in [6.07, 6.45) is 2.83. The molecule has 3 N–H and O–H groups in total. The molecule has 0 saturated carbocycles. The molecule has 1 saturated heterocycles. The number of hydrogen-bond donors (Lipinski definition) is 2. The smallest absolute Gasteiger partial charge is 0.255 e. The SMILES string of the molecule is COc1ccc(Nc2ccccc2C(=O)N2CCC(OCCCN)CC2)cc1. The molecular weight excluding hydrogens is 354 g/mol. The number of ether oxygens (including phenoxy) is 2. The third kappa shape index (κ3) is 5.24. The average Bonchev–Trinajstić information content (AvgIpc) is 2.75. The summed E-state index contributed by atoms with van der Waals surface area (Å²) in [5.41, 5.74) is 7.91. The minimum Gasteiger partial charge on any atom is -0.497 e. The molecule has 0 aliphatic carbocycles. The Morgan fingerprint density at radius 2 is 1.86 bits per heavy atom. The summed E-state index contributed by atoms with van der Waals surface area (Å²) < 4.78 is 11.0. The molecule has 150 valence electrons. The first kappa shape index (κ1) is 20.2. The van der Waals surface area contributed by atoms with Gasteiger partial charge in [-0.1, -0.05) is 12.1 Å². The minimum atomic E-state index is 0.0528. The number of anilines is 2. The van der Waals surface area contributed by atoms with Gasteiger partial charge in [0.2, 0.25) is 0 Å². The highest BCUT2D eigenvalue weighted by Gasteiger charge is 2.25. The molecular formula is C22H29N3O3. The molecule has 1 heterocycles. The Balaban J connectivity index is 1.63. The number of carbonyl (C=O) groups excluding carboxylic acids is 1. The fraction of sp³-hybridized carbons (Fsp3) is 0.409. The van der Waals surface area contributed by atoms with Gasteiger partial charge in [-0.25, -0.2) is 0 Å². The van der Waals surface area contributed by atoms with Gasteiger partial charge in [-0.05, 0) is 62.2 Å². The van der Waals surface area contributed by atoms with Crippen molar-refractivity contribution in [2.75, 3.05) is 38.7 Å². The summed E-state index contributed by atoms with van der Waals surface area (Å²) >= 11 is 0. The van der Waals surface area contributed by atoms with Crippen molar-refractivity contribution in [1.29, 1.82) is 0 Å². The number of nitrogens with two attached hydrogens (primary N) is 1. The maximum Gasteiger partial charge on any atom is 0.255 e. The minimum absolute atomic E-state index is 0.0528. The predicted molar refractivity (Wildman–Crippen MR) is 111 cm³/mol. The van der Waals surface area contributed by atoms with Crippen LogP contribution in [0.25, 0.3) is 0 Å². The summed E-state index contributed by atoms with van der Waals surface area (Å²) in [6, 6.07) is 15.3. The van der Waals surface area contributed by atoms with Gasteiger partial charge in [0, 0.05) is 25.4 Å². The van der Waals surface area contributed by atoms with Crippen molar-refractivity contribution >= 4 is 17.3 Å². The van der Waals surface area contributed by atoms with Crippen LogP contribution in [0.4, 0.5) is 11.4 Å². The van der Waals surface area contributed by atoms with E-state index in [-0.39, 0.29) is 12.0 Å². The van der Waals surface area contributed by atoms with Gasteiger partial charge in [-0.15, -0.1) is 0 Å². The van der Waals surface area contributed by atoms with Crippen molar-refractivity contribution in [3.63, 3.8) is 0 Å². The van der Waals surface area contributed by atoms with E-state index in [1.54, 1.807) is 7.11 Å². The van der Waals surface area contributed by atoms with Gasteiger partial charge in [-0.3, -0.25) is 4.79 Å². The van der Waals surface area contributed by atoms with E-state index < -0.39 is 0 Å². The lowest BCUT2D eigenvalue weighted by atomic mass is 10.1. The van der Waals surface area contributed by atoms with Crippen molar-refractivity contribution in [2.45, 2.75) is 25.4 Å². The number of piperidine rings is 1. The van der Waals surface area contributed by atoms with Crippen molar-refractivity contribution in [2.24, 2.45) is 5.73 Å². The van der Waals surface area contributed by atoms with Crippen LogP contribution in [-0.4, -0.2) is 50.3 Å². The fourth-order valence-electron chi connectivity index (χ4n) is 3.34. The Kier molecular flexibility index (Phi) is 7.28. The number of methoxy groups -OCH3 is 1. The van der Waals surface area contributed by atoms with Crippen LogP contribution < -0.4 is 15.8 Å². The lowest BCUT2D eigenvalue weighted by molar-refractivity contribution is 0.00847. The Morgan fingerprint density at radius 1 is 1.14 bits per heavy atom. The molecule has 2 aromatic rings. The number of benzene rings is 2. The predicted octanol–water partition coefficient (Wildman–Crippen LogP) is 3.41. The highest BCUT2D eigenvalue weighted by atomic mass is 16.5. The molecule has 0 atom stereocenters. The average molecular weight is 383 g/mol. The van der Waals surface area contributed by atoms with E-state index in [1.807, 2.05) is 53.4 Å². The van der Waals surface area contributed by atoms with Gasteiger partial charge in [-0.2, -0.15) is 0 Å². The number of nitrogens with zero attached hydrogens (tertiary/aromatic N) is 1. The fourth-order valence-corrected chi connectivity index (χ4v) is 3.34. The highest BCUT2D eigenvalue weighted by Crippen LogP contribution is 2.25. The first-order valence-electron chi connectivity index (χ1n) is 9.82. The number of hydrogen-bond acceptors (Lipinski definition) is 5. The van der Waals surface area contributed by atoms with E-state index in [0.29, 0.717) is 31.8 Å². The van der Waals surface area contributed by atoms with Crippen molar-refractivity contribution in [3.05, 3.63) is 54.1 Å². The Morgan fingerprint density at radius 3 is 2.54 bits per heavy atom. The van der Waals surface area contributed by atoms with Gasteiger partial charge < -0.3 is 25.4 Å². The second-order valence-electron chi connectivity index (χ2n) is 6.90. The number of amides is 1. The Labute approximate surface area is 166 Å². The van der Waals surface area contributed by atoms with Gasteiger partial charge in [0.15, 0.2) is 0 Å². The van der Waals surface area contributed by atoms with Crippen LogP contribution in [0.5, 0.6) is 5.75 Å². The van der Waals surface area contributed by atoms with Crippen molar-refractivity contribution in [1.82, 2.24) is 4.90 Å². The molecule has 1 fully saturated rings. The van der Waals surface area contributed by atoms with Crippen LogP contribution in [0.15, 0.2) is 48.5 Å². The van der Waals surface area contributed by atoms with Crippen LogP contribution in [0.3, 0.4) is 0 Å². The molecule has 1 aliphatic heterocycles. The molecule has 0 radical (unpaired) electrons. The van der Waals surface area contributed by atoms with Crippen LogP contribution in [0.1, 0.15) is 29.6 Å². The normalized spacial score (nSPS) is 14.7. The molecule has 2 aromatic carbocycles. The first-order chi connectivity index (χ1) is 13.7. The second kappa shape index (κ2) is 10.1. The summed E-state index contributed by atoms with van der Waals surface area (Å²) in [7, 11) is 1.64. The molecule has 28 heavy (non-hydrogen) atoms. The van der Waals surface area contributed by atoms with E-state index in [4.69, 9.17) is 15.2 Å². The maximum atomic E-state index is 13.1.